The average molecular weight is 253 g/mol. The maximum absolute atomic E-state index is 8.67. The van der Waals surface area contributed by atoms with Gasteiger partial charge in [-0.05, 0) is 22.0 Å². The molecule has 2 rings (SSSR count). The number of rotatable bonds is 2. The van der Waals surface area contributed by atoms with E-state index in [2.05, 4.69) is 25.9 Å². The van der Waals surface area contributed by atoms with E-state index in [-0.39, 0.29) is 6.61 Å². The van der Waals surface area contributed by atoms with Gasteiger partial charge in [0.05, 0.1) is 6.61 Å². The number of aromatic amines is 1. The Hall–Kier alpha value is -1.13. The molecule has 0 aromatic carbocycles. The fourth-order valence-corrected chi connectivity index (χ4v) is 1.65. The van der Waals surface area contributed by atoms with E-state index in [4.69, 9.17) is 5.11 Å². The van der Waals surface area contributed by atoms with Crippen molar-refractivity contribution in [3.63, 3.8) is 0 Å². The Morgan fingerprint density at radius 3 is 3.21 bits per heavy atom. The van der Waals surface area contributed by atoms with Crippen molar-refractivity contribution >= 4 is 33.0 Å². The molecule has 3 nitrogen and oxygen atoms in total. The van der Waals surface area contributed by atoms with E-state index in [1.54, 1.807) is 12.3 Å². The molecule has 0 atom stereocenters. The van der Waals surface area contributed by atoms with Crippen LogP contribution in [0, 0.1) is 0 Å². The van der Waals surface area contributed by atoms with Crippen LogP contribution in [0.4, 0.5) is 0 Å². The van der Waals surface area contributed by atoms with Crippen molar-refractivity contribution in [2.75, 3.05) is 6.61 Å². The number of aliphatic hydroxyl groups is 1. The van der Waals surface area contributed by atoms with Crippen molar-refractivity contribution in [2.24, 2.45) is 0 Å². The van der Waals surface area contributed by atoms with Gasteiger partial charge >= 0.3 is 0 Å². The lowest BCUT2D eigenvalue weighted by molar-refractivity contribution is 0.343. The quantitative estimate of drug-likeness (QED) is 0.862. The number of nitrogens with zero attached hydrogens (tertiary/aromatic N) is 1. The van der Waals surface area contributed by atoms with Gasteiger partial charge in [-0.1, -0.05) is 12.2 Å². The summed E-state index contributed by atoms with van der Waals surface area (Å²) in [5, 5.41) is 9.72. The highest BCUT2D eigenvalue weighted by Gasteiger charge is 2.01. The zero-order valence-corrected chi connectivity index (χ0v) is 8.95. The molecule has 0 saturated heterocycles. The van der Waals surface area contributed by atoms with Gasteiger partial charge in [-0.25, -0.2) is 4.98 Å². The number of fused-ring (bicyclic) bond motifs is 1. The van der Waals surface area contributed by atoms with Crippen molar-refractivity contribution in [3.05, 3.63) is 34.6 Å². The molecule has 4 heteroatoms. The van der Waals surface area contributed by atoms with Gasteiger partial charge in [-0.2, -0.15) is 0 Å². The number of nitrogens with one attached hydrogen (secondary N) is 1. The average Bonchev–Trinajstić information content (AvgIpc) is 2.57. The van der Waals surface area contributed by atoms with Gasteiger partial charge in [0.1, 0.15) is 5.65 Å². The highest BCUT2D eigenvalue weighted by Crippen LogP contribution is 2.21. The molecule has 2 N–H and O–H groups in total. The van der Waals surface area contributed by atoms with E-state index in [9.17, 15) is 0 Å². The van der Waals surface area contributed by atoms with Crippen LogP contribution >= 0.6 is 15.9 Å². The Kier molecular flexibility index (Phi) is 2.65. The van der Waals surface area contributed by atoms with Crippen LogP contribution in [-0.4, -0.2) is 21.7 Å². The first kappa shape index (κ1) is 9.43. The minimum atomic E-state index is 0.0497. The van der Waals surface area contributed by atoms with Gasteiger partial charge in [0.25, 0.3) is 0 Å². The van der Waals surface area contributed by atoms with Crippen LogP contribution in [0.5, 0.6) is 0 Å². The highest BCUT2D eigenvalue weighted by molar-refractivity contribution is 9.10. The van der Waals surface area contributed by atoms with Gasteiger partial charge in [-0.3, -0.25) is 0 Å². The van der Waals surface area contributed by atoms with Crippen LogP contribution in [0.25, 0.3) is 17.1 Å². The molecule has 14 heavy (non-hydrogen) atoms. The minimum Gasteiger partial charge on any atom is -0.392 e. The maximum Gasteiger partial charge on any atom is 0.137 e. The summed E-state index contributed by atoms with van der Waals surface area (Å²) in [6.45, 7) is 0.0497. The third kappa shape index (κ3) is 1.71. The van der Waals surface area contributed by atoms with Crippen molar-refractivity contribution < 1.29 is 5.11 Å². The summed E-state index contributed by atoms with van der Waals surface area (Å²) in [5.74, 6) is 0. The third-order valence-corrected chi connectivity index (χ3v) is 2.37. The molecular formula is C10H9BrN2O. The Labute approximate surface area is 89.6 Å². The monoisotopic (exact) mass is 252 g/mol. The lowest BCUT2D eigenvalue weighted by Gasteiger charge is -1.92. The topological polar surface area (TPSA) is 48.9 Å². The Balaban J connectivity index is 2.55. The smallest absolute Gasteiger partial charge is 0.137 e. The Morgan fingerprint density at radius 2 is 2.43 bits per heavy atom. The first-order valence-corrected chi connectivity index (χ1v) is 5.00. The molecule has 0 aliphatic carbocycles. The van der Waals surface area contributed by atoms with Crippen LogP contribution in [0.15, 0.2) is 29.0 Å². The molecule has 0 saturated carbocycles. The fourth-order valence-electron chi connectivity index (χ4n) is 1.32. The molecule has 2 aromatic rings. The van der Waals surface area contributed by atoms with E-state index >= 15 is 0 Å². The van der Waals surface area contributed by atoms with Crippen LogP contribution in [0.3, 0.4) is 0 Å². The number of hydrogen-bond donors (Lipinski definition) is 2. The molecule has 0 spiro atoms. The van der Waals surface area contributed by atoms with E-state index in [0.29, 0.717) is 0 Å². The lowest BCUT2D eigenvalue weighted by Crippen LogP contribution is -1.76. The summed E-state index contributed by atoms with van der Waals surface area (Å²) in [4.78, 5) is 7.27. The SMILES string of the molecule is OCC=Cc1c[nH]c2ncc(Br)cc12. The van der Waals surface area contributed by atoms with E-state index in [1.165, 1.54) is 0 Å². The zero-order valence-electron chi connectivity index (χ0n) is 7.37. The van der Waals surface area contributed by atoms with E-state index < -0.39 is 0 Å². The normalized spacial score (nSPS) is 11.6. The second-order valence-electron chi connectivity index (χ2n) is 2.88. The Morgan fingerprint density at radius 1 is 1.57 bits per heavy atom. The van der Waals surface area contributed by atoms with Gasteiger partial charge in [0, 0.05) is 27.8 Å². The molecule has 0 unspecified atom stereocenters. The van der Waals surface area contributed by atoms with Crippen molar-refractivity contribution in [3.8, 4) is 0 Å². The molecule has 0 aliphatic heterocycles. The van der Waals surface area contributed by atoms with Crippen LogP contribution in [0.1, 0.15) is 5.56 Å². The molecule has 2 heterocycles. The number of aromatic nitrogens is 2. The molecular weight excluding hydrogens is 244 g/mol. The summed E-state index contributed by atoms with van der Waals surface area (Å²) in [6, 6.07) is 2.00. The molecule has 0 radical (unpaired) electrons. The molecule has 0 amide bonds. The van der Waals surface area contributed by atoms with Crippen LogP contribution < -0.4 is 0 Å². The fraction of sp³-hybridized carbons (Fsp3) is 0.100. The maximum atomic E-state index is 8.67. The molecule has 0 fully saturated rings. The highest BCUT2D eigenvalue weighted by atomic mass is 79.9. The van der Waals surface area contributed by atoms with E-state index in [1.807, 2.05) is 18.3 Å². The molecule has 0 aliphatic rings. The van der Waals surface area contributed by atoms with Crippen LogP contribution in [0.2, 0.25) is 0 Å². The van der Waals surface area contributed by atoms with Crippen molar-refractivity contribution in [1.82, 2.24) is 9.97 Å². The zero-order chi connectivity index (χ0) is 9.97. The predicted molar refractivity (Wildman–Crippen MR) is 59.9 cm³/mol. The van der Waals surface area contributed by atoms with Gasteiger partial charge in [-0.15, -0.1) is 0 Å². The predicted octanol–water partition coefficient (Wildman–Crippen LogP) is 2.33. The first-order chi connectivity index (χ1) is 6.81. The van der Waals surface area contributed by atoms with Crippen molar-refractivity contribution in [1.29, 1.82) is 0 Å². The number of pyridine rings is 1. The molecule has 0 bridgehead atoms. The lowest BCUT2D eigenvalue weighted by atomic mass is 10.2. The summed E-state index contributed by atoms with van der Waals surface area (Å²) in [5.41, 5.74) is 1.88. The van der Waals surface area contributed by atoms with Gasteiger partial charge in [0.15, 0.2) is 0 Å². The summed E-state index contributed by atoms with van der Waals surface area (Å²) in [7, 11) is 0. The number of aliphatic hydroxyl groups excluding tert-OH is 1. The summed E-state index contributed by atoms with van der Waals surface area (Å²) in [6.07, 6.45) is 7.19. The number of hydrogen-bond acceptors (Lipinski definition) is 2. The van der Waals surface area contributed by atoms with Gasteiger partial charge in [0.2, 0.25) is 0 Å². The molecule has 2 aromatic heterocycles. The Bertz CT molecular complexity index is 476. The number of halogens is 1. The van der Waals surface area contributed by atoms with E-state index in [0.717, 1.165) is 21.1 Å². The summed E-state index contributed by atoms with van der Waals surface area (Å²) >= 11 is 3.37. The first-order valence-electron chi connectivity index (χ1n) is 4.21. The minimum absolute atomic E-state index is 0.0497. The van der Waals surface area contributed by atoms with Gasteiger partial charge < -0.3 is 10.1 Å². The van der Waals surface area contributed by atoms with Crippen molar-refractivity contribution in [2.45, 2.75) is 0 Å². The van der Waals surface area contributed by atoms with Crippen LogP contribution in [-0.2, 0) is 0 Å². The summed E-state index contributed by atoms with van der Waals surface area (Å²) < 4.78 is 0.947. The number of H-pyrrole nitrogens is 1. The second-order valence-corrected chi connectivity index (χ2v) is 3.79. The standard InChI is InChI=1S/C10H9BrN2O/c11-8-4-9-7(2-1-3-14)5-12-10(9)13-6-8/h1-2,4-6,14H,3H2,(H,12,13). The second kappa shape index (κ2) is 3.94. The third-order valence-electron chi connectivity index (χ3n) is 1.93. The largest absolute Gasteiger partial charge is 0.392 e. The molecule has 72 valence electrons.